The van der Waals surface area contributed by atoms with Crippen LogP contribution in [0.25, 0.3) is 0 Å². The Morgan fingerprint density at radius 3 is 2.96 bits per heavy atom. The van der Waals surface area contributed by atoms with E-state index in [1.165, 1.54) is 6.07 Å². The average molecular weight is 350 g/mol. The lowest BCUT2D eigenvalue weighted by atomic mass is 10.1. The third-order valence-electron chi connectivity index (χ3n) is 4.48. The fourth-order valence-electron chi connectivity index (χ4n) is 3.12. The number of likely N-dealkylation sites (tertiary alicyclic amines) is 1. The summed E-state index contributed by atoms with van der Waals surface area (Å²) in [5, 5.41) is 17.1. The van der Waals surface area contributed by atoms with Crippen molar-refractivity contribution in [2.75, 3.05) is 45.2 Å². The molecule has 0 saturated carbocycles. The maximum absolute atomic E-state index is 12.4. The molecule has 0 spiro atoms. The number of nitro groups is 1. The molecule has 1 saturated heterocycles. The van der Waals surface area contributed by atoms with Gasteiger partial charge in [0.05, 0.1) is 11.5 Å². The number of nitrogens with one attached hydrogen (secondary N) is 2. The van der Waals surface area contributed by atoms with E-state index in [4.69, 9.17) is 4.74 Å². The molecule has 25 heavy (non-hydrogen) atoms. The number of likely N-dealkylation sites (N-methyl/N-ethyl adjacent to an activating group) is 1. The highest BCUT2D eigenvalue weighted by molar-refractivity contribution is 5.95. The van der Waals surface area contributed by atoms with Crippen molar-refractivity contribution in [2.24, 2.45) is 0 Å². The van der Waals surface area contributed by atoms with Crippen LogP contribution in [-0.4, -0.2) is 61.7 Å². The van der Waals surface area contributed by atoms with Gasteiger partial charge in [-0.3, -0.25) is 19.8 Å². The smallest absolute Gasteiger partial charge is 0.293 e. The molecule has 1 aliphatic heterocycles. The SMILES string of the molecule is CCN1CCCC1CNC(=O)c1ccc(NCCOC)c([N+](=O)[O-])c1. The predicted molar refractivity (Wildman–Crippen MR) is 96.1 cm³/mol. The number of nitro benzene ring substituents is 1. The number of methoxy groups -OCH3 is 1. The van der Waals surface area contributed by atoms with Crippen LogP contribution in [0.2, 0.25) is 0 Å². The summed E-state index contributed by atoms with van der Waals surface area (Å²) in [4.78, 5) is 25.5. The second kappa shape index (κ2) is 9.33. The minimum absolute atomic E-state index is 0.111. The Kier molecular flexibility index (Phi) is 7.15. The van der Waals surface area contributed by atoms with Crippen LogP contribution in [0.4, 0.5) is 11.4 Å². The van der Waals surface area contributed by atoms with Crippen molar-refractivity contribution in [3.63, 3.8) is 0 Å². The molecule has 0 aromatic heterocycles. The van der Waals surface area contributed by atoms with E-state index in [0.717, 1.165) is 25.9 Å². The van der Waals surface area contributed by atoms with Gasteiger partial charge < -0.3 is 15.4 Å². The standard InChI is InChI=1S/C17H26N4O4/c1-3-20-9-4-5-14(20)12-19-17(22)13-6-7-15(18-8-10-25-2)16(11-13)21(23)24/h6-7,11,14,18H,3-5,8-10,12H2,1-2H3,(H,19,22). The third-order valence-corrected chi connectivity index (χ3v) is 4.48. The van der Waals surface area contributed by atoms with E-state index in [-0.39, 0.29) is 11.6 Å². The van der Waals surface area contributed by atoms with E-state index in [1.807, 2.05) is 0 Å². The fourth-order valence-corrected chi connectivity index (χ4v) is 3.12. The molecule has 1 aromatic rings. The Labute approximate surface area is 147 Å². The largest absolute Gasteiger partial charge is 0.383 e. The highest BCUT2D eigenvalue weighted by atomic mass is 16.6. The molecule has 8 nitrogen and oxygen atoms in total. The molecule has 1 aromatic carbocycles. The molecule has 0 radical (unpaired) electrons. The van der Waals surface area contributed by atoms with Crippen LogP contribution < -0.4 is 10.6 Å². The minimum Gasteiger partial charge on any atom is -0.383 e. The summed E-state index contributed by atoms with van der Waals surface area (Å²) >= 11 is 0. The van der Waals surface area contributed by atoms with E-state index >= 15 is 0 Å². The molecule has 0 bridgehead atoms. The van der Waals surface area contributed by atoms with E-state index < -0.39 is 4.92 Å². The number of hydrogen-bond donors (Lipinski definition) is 2. The van der Waals surface area contributed by atoms with Crippen LogP contribution in [0.15, 0.2) is 18.2 Å². The number of hydrogen-bond acceptors (Lipinski definition) is 6. The third kappa shape index (κ3) is 5.14. The van der Waals surface area contributed by atoms with E-state index in [0.29, 0.717) is 37.0 Å². The molecule has 2 N–H and O–H groups in total. The number of amides is 1. The van der Waals surface area contributed by atoms with Crippen molar-refractivity contribution < 1.29 is 14.5 Å². The Hall–Kier alpha value is -2.19. The van der Waals surface area contributed by atoms with Crippen LogP contribution >= 0.6 is 0 Å². The lowest BCUT2D eigenvalue weighted by molar-refractivity contribution is -0.384. The fraction of sp³-hybridized carbons (Fsp3) is 0.588. The molecule has 1 atom stereocenters. The van der Waals surface area contributed by atoms with E-state index in [2.05, 4.69) is 22.5 Å². The van der Waals surface area contributed by atoms with Crippen molar-refractivity contribution in [1.29, 1.82) is 0 Å². The van der Waals surface area contributed by atoms with Crippen molar-refractivity contribution in [1.82, 2.24) is 10.2 Å². The number of carbonyl (C=O) groups excluding carboxylic acids is 1. The van der Waals surface area contributed by atoms with E-state index in [9.17, 15) is 14.9 Å². The predicted octanol–water partition coefficient (Wildman–Crippen LogP) is 1.87. The first-order chi connectivity index (χ1) is 12.1. The summed E-state index contributed by atoms with van der Waals surface area (Å²) in [5.74, 6) is -0.283. The molecule has 1 unspecified atom stereocenters. The molecule has 1 fully saturated rings. The second-order valence-corrected chi connectivity index (χ2v) is 6.04. The van der Waals surface area contributed by atoms with Gasteiger partial charge in [-0.15, -0.1) is 0 Å². The first kappa shape index (κ1) is 19.1. The summed E-state index contributed by atoms with van der Waals surface area (Å²) in [6.45, 7) is 5.59. The van der Waals surface area contributed by atoms with Gasteiger partial charge in [0.1, 0.15) is 5.69 Å². The Balaban J connectivity index is 2.01. The molecule has 1 aliphatic rings. The molecular weight excluding hydrogens is 324 g/mol. The highest BCUT2D eigenvalue weighted by Crippen LogP contribution is 2.25. The van der Waals surface area contributed by atoms with Crippen molar-refractivity contribution in [3.05, 3.63) is 33.9 Å². The van der Waals surface area contributed by atoms with Crippen LogP contribution in [-0.2, 0) is 4.74 Å². The monoisotopic (exact) mass is 350 g/mol. The van der Waals surface area contributed by atoms with Gasteiger partial charge in [-0.05, 0) is 38.1 Å². The number of benzene rings is 1. The van der Waals surface area contributed by atoms with Gasteiger partial charge in [-0.1, -0.05) is 6.92 Å². The quantitative estimate of drug-likeness (QED) is 0.401. The first-order valence-corrected chi connectivity index (χ1v) is 8.60. The van der Waals surface area contributed by atoms with Gasteiger partial charge in [0, 0.05) is 37.9 Å². The number of carbonyl (C=O) groups is 1. The summed E-state index contributed by atoms with van der Waals surface area (Å²) in [6.07, 6.45) is 2.21. The van der Waals surface area contributed by atoms with Crippen LogP contribution in [0, 0.1) is 10.1 Å². The summed E-state index contributed by atoms with van der Waals surface area (Å²) < 4.78 is 4.92. The average Bonchev–Trinajstić information content (AvgIpc) is 3.07. The normalized spacial score (nSPS) is 17.4. The molecule has 8 heteroatoms. The lowest BCUT2D eigenvalue weighted by Gasteiger charge is -2.22. The van der Waals surface area contributed by atoms with Gasteiger partial charge in [0.2, 0.25) is 0 Å². The molecule has 1 heterocycles. The summed E-state index contributed by atoms with van der Waals surface area (Å²) in [5.41, 5.74) is 0.566. The van der Waals surface area contributed by atoms with Crippen molar-refractivity contribution >= 4 is 17.3 Å². The minimum atomic E-state index is -0.484. The zero-order chi connectivity index (χ0) is 18.2. The maximum atomic E-state index is 12.4. The Morgan fingerprint density at radius 2 is 2.28 bits per heavy atom. The number of nitrogens with zero attached hydrogens (tertiary/aromatic N) is 2. The first-order valence-electron chi connectivity index (χ1n) is 8.60. The Bertz CT molecular complexity index is 608. The summed E-state index contributed by atoms with van der Waals surface area (Å²) in [6, 6.07) is 4.83. The van der Waals surface area contributed by atoms with Gasteiger partial charge in [0.15, 0.2) is 0 Å². The van der Waals surface area contributed by atoms with Crippen LogP contribution in [0.5, 0.6) is 0 Å². The van der Waals surface area contributed by atoms with Gasteiger partial charge in [0.25, 0.3) is 11.6 Å². The van der Waals surface area contributed by atoms with E-state index in [1.54, 1.807) is 19.2 Å². The van der Waals surface area contributed by atoms with Crippen LogP contribution in [0.1, 0.15) is 30.1 Å². The molecule has 0 aliphatic carbocycles. The number of ether oxygens (including phenoxy) is 1. The van der Waals surface area contributed by atoms with Crippen molar-refractivity contribution in [3.8, 4) is 0 Å². The molecular formula is C17H26N4O4. The molecule has 2 rings (SSSR count). The zero-order valence-electron chi connectivity index (χ0n) is 14.8. The van der Waals surface area contributed by atoms with Crippen molar-refractivity contribution in [2.45, 2.75) is 25.8 Å². The molecule has 138 valence electrons. The number of anilines is 1. The topological polar surface area (TPSA) is 96.7 Å². The highest BCUT2D eigenvalue weighted by Gasteiger charge is 2.24. The summed E-state index contributed by atoms with van der Waals surface area (Å²) in [7, 11) is 1.56. The zero-order valence-corrected chi connectivity index (χ0v) is 14.8. The number of rotatable bonds is 9. The second-order valence-electron chi connectivity index (χ2n) is 6.04. The van der Waals surface area contributed by atoms with Gasteiger partial charge in [-0.2, -0.15) is 0 Å². The Morgan fingerprint density at radius 1 is 1.48 bits per heavy atom. The van der Waals surface area contributed by atoms with Gasteiger partial charge in [-0.25, -0.2) is 0 Å². The maximum Gasteiger partial charge on any atom is 0.293 e. The molecule has 1 amide bonds. The van der Waals surface area contributed by atoms with Gasteiger partial charge >= 0.3 is 0 Å². The van der Waals surface area contributed by atoms with Crippen LogP contribution in [0.3, 0.4) is 0 Å². The lowest BCUT2D eigenvalue weighted by Crippen LogP contribution is -2.40.